The molecule has 0 aliphatic rings. The van der Waals surface area contributed by atoms with Crippen LogP contribution in [0.25, 0.3) is 0 Å². The number of hydrogen-bond donors (Lipinski definition) is 1. The highest BCUT2D eigenvalue weighted by molar-refractivity contribution is 7.99. The number of rotatable bonds is 7. The van der Waals surface area contributed by atoms with Crippen molar-refractivity contribution in [1.29, 1.82) is 0 Å². The lowest BCUT2D eigenvalue weighted by Gasteiger charge is -2.05. The van der Waals surface area contributed by atoms with Gasteiger partial charge in [0.25, 0.3) is 5.91 Å². The number of ether oxygens (including phenoxy) is 2. The summed E-state index contributed by atoms with van der Waals surface area (Å²) in [5.41, 5.74) is 3.35. The van der Waals surface area contributed by atoms with Gasteiger partial charge in [-0.1, -0.05) is 42.1 Å². The Kier molecular flexibility index (Phi) is 6.37. The van der Waals surface area contributed by atoms with Crippen LogP contribution in [0, 0.1) is 0 Å². The van der Waals surface area contributed by atoms with E-state index in [-0.39, 0.29) is 11.7 Å². The third-order valence-corrected chi connectivity index (χ3v) is 3.46. The molecule has 120 valence electrons. The average molecular weight is 332 g/mol. The van der Waals surface area contributed by atoms with Crippen LogP contribution in [0.3, 0.4) is 0 Å². The summed E-state index contributed by atoms with van der Waals surface area (Å²) in [7, 11) is 3.00. The number of benzene rings is 1. The number of amides is 1. The summed E-state index contributed by atoms with van der Waals surface area (Å²) in [6.07, 6.45) is 1.58. The molecule has 0 unspecified atom stereocenters. The zero-order valence-corrected chi connectivity index (χ0v) is 13.5. The molecule has 1 N–H and O–H groups in total. The van der Waals surface area contributed by atoms with Gasteiger partial charge in [-0.3, -0.25) is 4.79 Å². The molecule has 0 atom stereocenters. The molecule has 0 aliphatic carbocycles. The SMILES string of the molecule is COc1cc(OC)nc(SCC(=O)N/N=C\c2ccccc2)n1. The lowest BCUT2D eigenvalue weighted by atomic mass is 10.2. The molecule has 8 heteroatoms. The highest BCUT2D eigenvalue weighted by Crippen LogP contribution is 2.21. The molecule has 2 aromatic rings. The number of aromatic nitrogens is 2. The van der Waals surface area contributed by atoms with Crippen molar-refractivity contribution in [2.75, 3.05) is 20.0 Å². The molecule has 0 saturated heterocycles. The highest BCUT2D eigenvalue weighted by atomic mass is 32.2. The summed E-state index contributed by atoms with van der Waals surface area (Å²) >= 11 is 1.17. The lowest BCUT2D eigenvalue weighted by molar-refractivity contribution is -0.118. The van der Waals surface area contributed by atoms with Crippen molar-refractivity contribution in [2.24, 2.45) is 5.10 Å². The van der Waals surface area contributed by atoms with E-state index in [1.165, 1.54) is 26.0 Å². The van der Waals surface area contributed by atoms with E-state index in [9.17, 15) is 4.79 Å². The molecule has 23 heavy (non-hydrogen) atoms. The fourth-order valence-corrected chi connectivity index (χ4v) is 2.17. The maximum Gasteiger partial charge on any atom is 0.250 e. The summed E-state index contributed by atoms with van der Waals surface area (Å²) in [6, 6.07) is 11.0. The molecule has 1 amide bonds. The van der Waals surface area contributed by atoms with Crippen LogP contribution in [0.1, 0.15) is 5.56 Å². The van der Waals surface area contributed by atoms with Gasteiger partial charge in [-0.15, -0.1) is 0 Å². The van der Waals surface area contributed by atoms with Crippen LogP contribution < -0.4 is 14.9 Å². The molecule has 0 fully saturated rings. The van der Waals surface area contributed by atoms with Gasteiger partial charge in [-0.05, 0) is 5.56 Å². The quantitative estimate of drug-likeness (QED) is 0.360. The minimum Gasteiger partial charge on any atom is -0.481 e. The van der Waals surface area contributed by atoms with Crippen LogP contribution in [0.15, 0.2) is 46.7 Å². The summed E-state index contributed by atoms with van der Waals surface area (Å²) < 4.78 is 10.1. The standard InChI is InChI=1S/C15H16N4O3S/c1-21-13-8-14(22-2)18-15(17-13)23-10-12(20)19-16-9-11-6-4-3-5-7-11/h3-9H,10H2,1-2H3,(H,19,20)/b16-9-. The van der Waals surface area contributed by atoms with E-state index in [0.717, 1.165) is 5.56 Å². The van der Waals surface area contributed by atoms with Gasteiger partial charge in [0, 0.05) is 0 Å². The molecular weight excluding hydrogens is 316 g/mol. The van der Waals surface area contributed by atoms with Gasteiger partial charge < -0.3 is 9.47 Å². The molecule has 1 aromatic heterocycles. The number of carbonyl (C=O) groups is 1. The topological polar surface area (TPSA) is 85.7 Å². The second-order valence-corrected chi connectivity index (χ2v) is 5.17. The van der Waals surface area contributed by atoms with Crippen LogP contribution in [0.5, 0.6) is 11.8 Å². The van der Waals surface area contributed by atoms with Crippen molar-refractivity contribution in [3.05, 3.63) is 42.0 Å². The van der Waals surface area contributed by atoms with Crippen LogP contribution in [-0.4, -0.2) is 42.1 Å². The monoisotopic (exact) mass is 332 g/mol. The average Bonchev–Trinajstić information content (AvgIpc) is 2.60. The predicted molar refractivity (Wildman–Crippen MR) is 88.0 cm³/mol. The molecule has 0 spiro atoms. The first-order valence-electron chi connectivity index (χ1n) is 6.68. The summed E-state index contributed by atoms with van der Waals surface area (Å²) in [5, 5.41) is 4.29. The minimum absolute atomic E-state index is 0.127. The summed E-state index contributed by atoms with van der Waals surface area (Å²) in [4.78, 5) is 20.0. The van der Waals surface area contributed by atoms with Gasteiger partial charge >= 0.3 is 0 Å². The number of thioether (sulfide) groups is 1. The van der Waals surface area contributed by atoms with Crippen molar-refractivity contribution < 1.29 is 14.3 Å². The molecule has 7 nitrogen and oxygen atoms in total. The van der Waals surface area contributed by atoms with Gasteiger partial charge in [-0.25, -0.2) is 5.43 Å². The van der Waals surface area contributed by atoms with Crippen molar-refractivity contribution in [1.82, 2.24) is 15.4 Å². The van der Waals surface area contributed by atoms with Crippen LogP contribution >= 0.6 is 11.8 Å². The Balaban J connectivity index is 1.85. The van der Waals surface area contributed by atoms with Crippen LogP contribution in [-0.2, 0) is 4.79 Å². The van der Waals surface area contributed by atoms with Crippen molar-refractivity contribution in [3.8, 4) is 11.8 Å². The second-order valence-electron chi connectivity index (χ2n) is 4.23. The Morgan fingerprint density at radius 3 is 2.48 bits per heavy atom. The van der Waals surface area contributed by atoms with Gasteiger partial charge in [0.2, 0.25) is 11.8 Å². The Labute approximate surface area is 138 Å². The minimum atomic E-state index is -0.257. The van der Waals surface area contributed by atoms with Crippen LogP contribution in [0.4, 0.5) is 0 Å². The Morgan fingerprint density at radius 1 is 1.22 bits per heavy atom. The van der Waals surface area contributed by atoms with Gasteiger partial charge in [0.1, 0.15) is 0 Å². The predicted octanol–water partition coefficient (Wildman–Crippen LogP) is 1.74. The maximum atomic E-state index is 11.8. The van der Waals surface area contributed by atoms with Gasteiger partial charge in [-0.2, -0.15) is 15.1 Å². The van der Waals surface area contributed by atoms with Crippen molar-refractivity contribution >= 4 is 23.9 Å². The molecule has 0 bridgehead atoms. The van der Waals surface area contributed by atoms with E-state index in [0.29, 0.717) is 16.9 Å². The first-order chi connectivity index (χ1) is 11.2. The first kappa shape index (κ1) is 16.8. The van der Waals surface area contributed by atoms with Crippen LogP contribution in [0.2, 0.25) is 0 Å². The molecule has 1 heterocycles. The van der Waals surface area contributed by atoms with E-state index >= 15 is 0 Å². The number of carbonyl (C=O) groups excluding carboxylic acids is 1. The molecular formula is C15H16N4O3S. The second kappa shape index (κ2) is 8.74. The number of methoxy groups -OCH3 is 2. The van der Waals surface area contributed by atoms with Crippen molar-refractivity contribution in [3.63, 3.8) is 0 Å². The first-order valence-corrected chi connectivity index (χ1v) is 7.66. The third-order valence-electron chi connectivity index (χ3n) is 2.61. The summed E-state index contributed by atoms with van der Waals surface area (Å²) in [5.74, 6) is 0.624. The fraction of sp³-hybridized carbons (Fsp3) is 0.200. The number of nitrogens with zero attached hydrogens (tertiary/aromatic N) is 3. The number of hydrogen-bond acceptors (Lipinski definition) is 7. The molecule has 0 radical (unpaired) electrons. The van der Waals surface area contributed by atoms with Crippen molar-refractivity contribution in [2.45, 2.75) is 5.16 Å². The lowest BCUT2D eigenvalue weighted by Crippen LogP contribution is -2.19. The van der Waals surface area contributed by atoms with E-state index in [2.05, 4.69) is 20.5 Å². The summed E-state index contributed by atoms with van der Waals surface area (Å²) in [6.45, 7) is 0. The smallest absolute Gasteiger partial charge is 0.250 e. The maximum absolute atomic E-state index is 11.8. The zero-order chi connectivity index (χ0) is 16.5. The Morgan fingerprint density at radius 2 is 1.87 bits per heavy atom. The highest BCUT2D eigenvalue weighted by Gasteiger charge is 2.08. The van der Waals surface area contributed by atoms with Gasteiger partial charge in [0.05, 0.1) is 32.3 Å². The Bertz CT molecular complexity index is 657. The van der Waals surface area contributed by atoms with E-state index in [4.69, 9.17) is 9.47 Å². The van der Waals surface area contributed by atoms with E-state index in [1.54, 1.807) is 12.3 Å². The third kappa shape index (κ3) is 5.59. The molecule has 2 rings (SSSR count). The number of nitrogens with one attached hydrogen (secondary N) is 1. The molecule has 0 aliphatic heterocycles. The van der Waals surface area contributed by atoms with E-state index in [1.807, 2.05) is 30.3 Å². The number of hydrazone groups is 1. The molecule has 0 saturated carbocycles. The molecule has 1 aromatic carbocycles. The van der Waals surface area contributed by atoms with E-state index < -0.39 is 0 Å². The van der Waals surface area contributed by atoms with Gasteiger partial charge in [0.15, 0.2) is 5.16 Å². The zero-order valence-electron chi connectivity index (χ0n) is 12.7. The largest absolute Gasteiger partial charge is 0.481 e. The normalized spacial score (nSPS) is 10.5. The fourth-order valence-electron chi connectivity index (χ4n) is 1.54. The Hall–Kier alpha value is -2.61.